The summed E-state index contributed by atoms with van der Waals surface area (Å²) in [5, 5.41) is 0. The maximum absolute atomic E-state index is 13.1. The van der Waals surface area contributed by atoms with Crippen LogP contribution in [-0.2, 0) is 24.5 Å². The van der Waals surface area contributed by atoms with Gasteiger partial charge in [0.15, 0.2) is 0 Å². The van der Waals surface area contributed by atoms with E-state index in [-0.39, 0.29) is 18.3 Å². The van der Waals surface area contributed by atoms with E-state index in [1.807, 2.05) is 0 Å². The number of halogens is 1. The minimum atomic E-state index is -0.854. The number of amides is 2. The normalized spacial score (nSPS) is 18.6. The second kappa shape index (κ2) is 6.82. The van der Waals surface area contributed by atoms with Crippen LogP contribution in [0.15, 0.2) is 24.3 Å². The number of hydrogen-bond donors (Lipinski definition) is 0. The molecule has 3 rings (SSSR count). The van der Waals surface area contributed by atoms with E-state index in [4.69, 9.17) is 4.74 Å². The van der Waals surface area contributed by atoms with Crippen LogP contribution in [0.4, 0.5) is 4.39 Å². The summed E-state index contributed by atoms with van der Waals surface area (Å²) in [4.78, 5) is 39.5. The van der Waals surface area contributed by atoms with E-state index in [0.29, 0.717) is 26.2 Å². The van der Waals surface area contributed by atoms with Gasteiger partial charge in [0.1, 0.15) is 5.82 Å². The summed E-state index contributed by atoms with van der Waals surface area (Å²) in [6.45, 7) is 3.18. The number of rotatable bonds is 3. The van der Waals surface area contributed by atoms with E-state index in [1.165, 1.54) is 17.0 Å². The Morgan fingerprint density at radius 3 is 2.12 bits per heavy atom. The zero-order chi connectivity index (χ0) is 18.0. The van der Waals surface area contributed by atoms with Gasteiger partial charge in [0.05, 0.1) is 12.0 Å². The Kier molecular flexibility index (Phi) is 4.74. The highest BCUT2D eigenvalue weighted by atomic mass is 19.1. The molecule has 2 amide bonds. The van der Waals surface area contributed by atoms with Gasteiger partial charge >= 0.3 is 11.9 Å². The first kappa shape index (κ1) is 17.4. The molecule has 7 heteroatoms. The van der Waals surface area contributed by atoms with Crippen LogP contribution in [0.1, 0.15) is 25.3 Å². The minimum Gasteiger partial charge on any atom is -0.459 e. The molecule has 0 bridgehead atoms. The fraction of sp³-hybridized carbons (Fsp3) is 0.500. The van der Waals surface area contributed by atoms with Gasteiger partial charge in [-0.05, 0) is 37.5 Å². The molecule has 1 aromatic carbocycles. The van der Waals surface area contributed by atoms with Gasteiger partial charge in [0.2, 0.25) is 5.91 Å². The van der Waals surface area contributed by atoms with Crippen molar-refractivity contribution in [1.29, 1.82) is 0 Å². The molecule has 1 aromatic rings. The van der Waals surface area contributed by atoms with Crippen molar-refractivity contribution >= 4 is 17.8 Å². The van der Waals surface area contributed by atoms with Gasteiger partial charge in [-0.1, -0.05) is 12.1 Å². The first-order valence-corrected chi connectivity index (χ1v) is 8.49. The molecule has 0 spiro atoms. The predicted molar refractivity (Wildman–Crippen MR) is 87.1 cm³/mol. The van der Waals surface area contributed by atoms with E-state index >= 15 is 0 Å². The molecule has 1 aliphatic carbocycles. The number of piperazine rings is 1. The van der Waals surface area contributed by atoms with E-state index in [2.05, 4.69) is 0 Å². The van der Waals surface area contributed by atoms with Crippen LogP contribution in [0, 0.1) is 5.82 Å². The Bertz CT molecular complexity index is 677. The first-order chi connectivity index (χ1) is 12.0. The summed E-state index contributed by atoms with van der Waals surface area (Å²) in [7, 11) is 0. The number of benzene rings is 1. The number of hydrogen-bond acceptors (Lipinski definition) is 4. The summed E-state index contributed by atoms with van der Waals surface area (Å²) in [6, 6.07) is 6.08. The third kappa shape index (κ3) is 3.36. The summed E-state index contributed by atoms with van der Waals surface area (Å²) in [5.41, 5.74) is 0.282. The molecule has 134 valence electrons. The highest BCUT2D eigenvalue weighted by Crippen LogP contribution is 2.49. The van der Waals surface area contributed by atoms with Gasteiger partial charge in [-0.2, -0.15) is 0 Å². The van der Waals surface area contributed by atoms with Crippen molar-refractivity contribution in [2.24, 2.45) is 0 Å². The second-order valence-electron chi connectivity index (χ2n) is 6.39. The van der Waals surface area contributed by atoms with E-state index in [0.717, 1.165) is 18.4 Å². The molecular formula is C18H21FN2O4. The van der Waals surface area contributed by atoms with E-state index in [1.54, 1.807) is 24.0 Å². The Balaban J connectivity index is 1.61. The monoisotopic (exact) mass is 348 g/mol. The van der Waals surface area contributed by atoms with Crippen LogP contribution < -0.4 is 0 Å². The minimum absolute atomic E-state index is 0.0161. The summed E-state index contributed by atoms with van der Waals surface area (Å²) >= 11 is 0. The average Bonchev–Trinajstić information content (AvgIpc) is 3.43. The van der Waals surface area contributed by atoms with Crippen molar-refractivity contribution in [3.05, 3.63) is 35.6 Å². The highest BCUT2D eigenvalue weighted by Gasteiger charge is 2.53. The van der Waals surface area contributed by atoms with Gasteiger partial charge in [-0.25, -0.2) is 9.18 Å². The van der Waals surface area contributed by atoms with Crippen LogP contribution in [-0.4, -0.2) is 60.4 Å². The molecular weight excluding hydrogens is 327 g/mol. The van der Waals surface area contributed by atoms with Gasteiger partial charge in [-0.3, -0.25) is 9.59 Å². The largest absolute Gasteiger partial charge is 0.459 e. The van der Waals surface area contributed by atoms with Crippen molar-refractivity contribution in [3.63, 3.8) is 0 Å². The molecule has 1 aliphatic heterocycles. The van der Waals surface area contributed by atoms with Gasteiger partial charge in [-0.15, -0.1) is 0 Å². The number of esters is 1. The Labute approximate surface area is 145 Å². The van der Waals surface area contributed by atoms with Crippen LogP contribution in [0.5, 0.6) is 0 Å². The lowest BCUT2D eigenvalue weighted by Gasteiger charge is -2.36. The highest BCUT2D eigenvalue weighted by molar-refractivity contribution is 6.32. The molecule has 2 aliphatic rings. The Morgan fingerprint density at radius 1 is 1.04 bits per heavy atom. The molecule has 6 nitrogen and oxygen atoms in total. The standard InChI is InChI=1S/C18H21FN2O4/c1-2-25-16(23)15(22)20-9-11-21(12-10-20)17(24)18(7-8-18)13-3-5-14(19)6-4-13/h3-6H,2,7-12H2,1H3. The average molecular weight is 348 g/mol. The molecule has 0 unspecified atom stereocenters. The third-order valence-corrected chi connectivity index (χ3v) is 4.86. The SMILES string of the molecule is CCOC(=O)C(=O)N1CCN(C(=O)C2(c3ccc(F)cc3)CC2)CC1. The molecule has 0 aromatic heterocycles. The van der Waals surface area contributed by atoms with Crippen molar-refractivity contribution in [2.45, 2.75) is 25.2 Å². The van der Waals surface area contributed by atoms with Crippen LogP contribution in [0.2, 0.25) is 0 Å². The van der Waals surface area contributed by atoms with Gasteiger partial charge in [0.25, 0.3) is 0 Å². The molecule has 25 heavy (non-hydrogen) atoms. The molecule has 0 N–H and O–H groups in total. The molecule has 0 atom stereocenters. The fourth-order valence-corrected chi connectivity index (χ4v) is 3.26. The smallest absolute Gasteiger partial charge is 0.397 e. The first-order valence-electron chi connectivity index (χ1n) is 8.49. The quantitative estimate of drug-likeness (QED) is 0.606. The zero-order valence-electron chi connectivity index (χ0n) is 14.2. The number of ether oxygens (including phenoxy) is 1. The zero-order valence-corrected chi connectivity index (χ0v) is 14.2. The fourth-order valence-electron chi connectivity index (χ4n) is 3.26. The predicted octanol–water partition coefficient (Wildman–Crippen LogP) is 1.09. The molecule has 0 radical (unpaired) electrons. The third-order valence-electron chi connectivity index (χ3n) is 4.86. The molecule has 1 saturated carbocycles. The van der Waals surface area contributed by atoms with Gasteiger partial charge < -0.3 is 14.5 Å². The number of carbonyl (C=O) groups is 3. The van der Waals surface area contributed by atoms with Crippen LogP contribution >= 0.6 is 0 Å². The van der Waals surface area contributed by atoms with E-state index in [9.17, 15) is 18.8 Å². The lowest BCUT2D eigenvalue weighted by molar-refractivity contribution is -0.161. The number of nitrogens with zero attached hydrogens (tertiary/aromatic N) is 2. The summed E-state index contributed by atoms with van der Waals surface area (Å²) in [5.74, 6) is -1.82. The number of carbonyl (C=O) groups excluding carboxylic acids is 3. The van der Waals surface area contributed by atoms with Crippen molar-refractivity contribution < 1.29 is 23.5 Å². The topological polar surface area (TPSA) is 66.9 Å². The van der Waals surface area contributed by atoms with E-state index < -0.39 is 17.3 Å². The maximum atomic E-state index is 13.1. The van der Waals surface area contributed by atoms with Crippen LogP contribution in [0.25, 0.3) is 0 Å². The Morgan fingerprint density at radius 2 is 1.60 bits per heavy atom. The summed E-state index contributed by atoms with van der Waals surface area (Å²) in [6.07, 6.45) is 1.50. The lowest BCUT2D eigenvalue weighted by Crippen LogP contribution is -2.54. The molecule has 1 heterocycles. The summed E-state index contributed by atoms with van der Waals surface area (Å²) < 4.78 is 17.8. The molecule has 1 saturated heterocycles. The Hall–Kier alpha value is -2.44. The van der Waals surface area contributed by atoms with Crippen LogP contribution in [0.3, 0.4) is 0 Å². The molecule has 2 fully saturated rings. The van der Waals surface area contributed by atoms with Crippen molar-refractivity contribution in [1.82, 2.24) is 9.80 Å². The van der Waals surface area contributed by atoms with Crippen molar-refractivity contribution in [3.8, 4) is 0 Å². The lowest BCUT2D eigenvalue weighted by atomic mass is 9.94. The van der Waals surface area contributed by atoms with Crippen molar-refractivity contribution in [2.75, 3.05) is 32.8 Å². The second-order valence-corrected chi connectivity index (χ2v) is 6.39. The van der Waals surface area contributed by atoms with Gasteiger partial charge in [0, 0.05) is 26.2 Å². The maximum Gasteiger partial charge on any atom is 0.397 e.